The van der Waals surface area contributed by atoms with E-state index in [9.17, 15) is 10.1 Å². The van der Waals surface area contributed by atoms with Gasteiger partial charge in [-0.15, -0.1) is 0 Å². The van der Waals surface area contributed by atoms with Gasteiger partial charge in [-0.3, -0.25) is 4.79 Å². The average molecular weight is 393 g/mol. The number of nitriles is 1. The van der Waals surface area contributed by atoms with E-state index in [0.717, 1.165) is 5.56 Å². The fourth-order valence-corrected chi connectivity index (χ4v) is 3.02. The molecule has 0 atom stereocenters. The van der Waals surface area contributed by atoms with E-state index in [4.69, 9.17) is 9.47 Å². The number of hydrogen-bond acceptors (Lipinski definition) is 6. The Hall–Kier alpha value is -3.24. The highest BCUT2D eigenvalue weighted by atomic mass is 32.2. The summed E-state index contributed by atoms with van der Waals surface area (Å²) in [7, 11) is 1.56. The maximum atomic E-state index is 12.2. The van der Waals surface area contributed by atoms with E-state index in [1.807, 2.05) is 37.3 Å². The fourth-order valence-electron chi connectivity index (χ4n) is 2.64. The number of benzene rings is 2. The number of nitrogens with zero attached hydrogens (tertiary/aromatic N) is 2. The number of thioether (sulfide) groups is 1. The molecule has 1 N–H and O–H groups in total. The van der Waals surface area contributed by atoms with Gasteiger partial charge in [-0.05, 0) is 36.9 Å². The van der Waals surface area contributed by atoms with Crippen LogP contribution < -0.4 is 15.0 Å². The van der Waals surface area contributed by atoms with Crippen LogP contribution in [0.25, 0.3) is 11.3 Å². The predicted molar refractivity (Wildman–Crippen MR) is 109 cm³/mol. The first-order valence-corrected chi connectivity index (χ1v) is 9.73. The number of aryl methyl sites for hydroxylation is 1. The van der Waals surface area contributed by atoms with Crippen LogP contribution in [0.1, 0.15) is 16.7 Å². The van der Waals surface area contributed by atoms with E-state index in [2.05, 4.69) is 9.97 Å². The van der Waals surface area contributed by atoms with Crippen LogP contribution in [0.15, 0.2) is 52.4 Å². The largest absolute Gasteiger partial charge is 0.493 e. The molecule has 6 nitrogen and oxygen atoms in total. The molecule has 0 spiro atoms. The lowest BCUT2D eigenvalue weighted by Crippen LogP contribution is -2.14. The monoisotopic (exact) mass is 393 g/mol. The summed E-state index contributed by atoms with van der Waals surface area (Å²) in [6, 6.07) is 15.2. The molecule has 0 aliphatic carbocycles. The van der Waals surface area contributed by atoms with Crippen molar-refractivity contribution in [3.63, 3.8) is 0 Å². The van der Waals surface area contributed by atoms with Crippen LogP contribution in [-0.2, 0) is 6.61 Å². The lowest BCUT2D eigenvalue weighted by molar-refractivity contribution is 0.284. The third-order valence-corrected chi connectivity index (χ3v) is 4.73. The zero-order chi connectivity index (χ0) is 20.1. The summed E-state index contributed by atoms with van der Waals surface area (Å²) in [6.07, 6.45) is 1.80. The average Bonchev–Trinajstić information content (AvgIpc) is 2.72. The van der Waals surface area contributed by atoms with E-state index in [0.29, 0.717) is 34.5 Å². The molecule has 3 aromatic rings. The summed E-state index contributed by atoms with van der Waals surface area (Å²) in [5.74, 6) is 1.07. The van der Waals surface area contributed by atoms with Gasteiger partial charge in [-0.2, -0.15) is 5.26 Å². The third-order valence-electron chi connectivity index (χ3n) is 4.15. The van der Waals surface area contributed by atoms with Crippen LogP contribution in [0.2, 0.25) is 0 Å². The van der Waals surface area contributed by atoms with E-state index in [-0.39, 0.29) is 5.56 Å². The van der Waals surface area contributed by atoms with Crippen LogP contribution >= 0.6 is 11.8 Å². The van der Waals surface area contributed by atoms with Crippen LogP contribution in [0.4, 0.5) is 0 Å². The summed E-state index contributed by atoms with van der Waals surface area (Å²) in [4.78, 5) is 19.2. The second kappa shape index (κ2) is 8.63. The second-order valence-electron chi connectivity index (χ2n) is 6.05. The van der Waals surface area contributed by atoms with Gasteiger partial charge in [-0.1, -0.05) is 41.6 Å². The molecule has 0 amide bonds. The van der Waals surface area contributed by atoms with Crippen molar-refractivity contribution in [3.8, 4) is 28.8 Å². The number of H-pyrrole nitrogens is 1. The minimum absolute atomic E-state index is 0.0348. The zero-order valence-corrected chi connectivity index (χ0v) is 16.6. The lowest BCUT2D eigenvalue weighted by Gasteiger charge is -2.13. The van der Waals surface area contributed by atoms with Gasteiger partial charge in [-0.25, -0.2) is 4.98 Å². The quantitative estimate of drug-likeness (QED) is 0.504. The summed E-state index contributed by atoms with van der Waals surface area (Å²) in [6.45, 7) is 2.39. The molecule has 0 saturated heterocycles. The van der Waals surface area contributed by atoms with Crippen LogP contribution in [0.5, 0.6) is 11.5 Å². The Morgan fingerprint density at radius 3 is 2.57 bits per heavy atom. The maximum Gasteiger partial charge on any atom is 0.270 e. The van der Waals surface area contributed by atoms with Gasteiger partial charge in [0.25, 0.3) is 5.56 Å². The van der Waals surface area contributed by atoms with Gasteiger partial charge in [0.2, 0.25) is 0 Å². The smallest absolute Gasteiger partial charge is 0.270 e. The molecule has 0 radical (unpaired) electrons. The number of ether oxygens (including phenoxy) is 2. The van der Waals surface area contributed by atoms with Crippen molar-refractivity contribution in [1.82, 2.24) is 9.97 Å². The molecule has 142 valence electrons. The Morgan fingerprint density at radius 1 is 1.18 bits per heavy atom. The standard InChI is InChI=1S/C21H19N3O3S/c1-13-4-6-14(7-5-13)12-27-18-10-15(8-9-17(18)26-2)19-16(11-22)20(25)24-21(23-19)28-3/h4-10H,12H2,1-3H3,(H,23,24,25). The van der Waals surface area contributed by atoms with Crippen molar-refractivity contribution in [2.45, 2.75) is 18.7 Å². The van der Waals surface area contributed by atoms with Gasteiger partial charge >= 0.3 is 0 Å². The molecule has 0 saturated carbocycles. The van der Waals surface area contributed by atoms with Crippen molar-refractivity contribution in [2.75, 3.05) is 13.4 Å². The van der Waals surface area contributed by atoms with Gasteiger partial charge < -0.3 is 14.5 Å². The maximum absolute atomic E-state index is 12.2. The summed E-state index contributed by atoms with van der Waals surface area (Å²) in [5, 5.41) is 9.84. The molecule has 28 heavy (non-hydrogen) atoms. The number of methoxy groups -OCH3 is 1. The van der Waals surface area contributed by atoms with Crippen LogP contribution in [0, 0.1) is 18.3 Å². The molecule has 7 heteroatoms. The van der Waals surface area contributed by atoms with E-state index >= 15 is 0 Å². The molecule has 0 unspecified atom stereocenters. The Balaban J connectivity index is 1.99. The predicted octanol–water partition coefficient (Wildman–Crippen LogP) is 3.93. The molecule has 0 fully saturated rings. The minimum atomic E-state index is -0.463. The first kappa shape index (κ1) is 19.5. The molecular weight excluding hydrogens is 374 g/mol. The van der Waals surface area contributed by atoms with Crippen LogP contribution in [-0.4, -0.2) is 23.3 Å². The zero-order valence-electron chi connectivity index (χ0n) is 15.8. The molecule has 0 bridgehead atoms. The highest BCUT2D eigenvalue weighted by molar-refractivity contribution is 7.98. The van der Waals surface area contributed by atoms with Crippen molar-refractivity contribution in [2.24, 2.45) is 0 Å². The molecule has 1 heterocycles. The second-order valence-corrected chi connectivity index (χ2v) is 6.85. The van der Waals surface area contributed by atoms with Crippen molar-refractivity contribution >= 4 is 11.8 Å². The highest BCUT2D eigenvalue weighted by Crippen LogP contribution is 2.33. The van der Waals surface area contributed by atoms with E-state index < -0.39 is 5.56 Å². The van der Waals surface area contributed by atoms with Crippen molar-refractivity contribution < 1.29 is 9.47 Å². The first-order valence-electron chi connectivity index (χ1n) is 8.51. The normalized spacial score (nSPS) is 10.4. The molecule has 2 aromatic carbocycles. The Bertz CT molecular complexity index is 1090. The van der Waals surface area contributed by atoms with Crippen LogP contribution in [0.3, 0.4) is 0 Å². The number of aromatic nitrogens is 2. The third kappa shape index (κ3) is 4.18. The lowest BCUT2D eigenvalue weighted by atomic mass is 10.1. The molecular formula is C21H19N3O3S. The molecule has 3 rings (SSSR count). The summed E-state index contributed by atoms with van der Waals surface area (Å²) < 4.78 is 11.3. The minimum Gasteiger partial charge on any atom is -0.493 e. The van der Waals surface area contributed by atoms with Gasteiger partial charge in [0.15, 0.2) is 16.7 Å². The molecule has 0 aliphatic heterocycles. The van der Waals surface area contributed by atoms with Gasteiger partial charge in [0.05, 0.1) is 12.8 Å². The van der Waals surface area contributed by atoms with Gasteiger partial charge in [0.1, 0.15) is 18.2 Å². The van der Waals surface area contributed by atoms with Gasteiger partial charge in [0, 0.05) is 5.56 Å². The van der Waals surface area contributed by atoms with Crippen molar-refractivity contribution in [1.29, 1.82) is 5.26 Å². The molecule has 1 aromatic heterocycles. The molecule has 0 aliphatic rings. The first-order chi connectivity index (χ1) is 13.5. The topological polar surface area (TPSA) is 88.0 Å². The number of rotatable bonds is 6. The SMILES string of the molecule is COc1ccc(-c2nc(SC)[nH]c(=O)c2C#N)cc1OCc1ccc(C)cc1. The number of hydrogen-bond donors (Lipinski definition) is 1. The summed E-state index contributed by atoms with van der Waals surface area (Å²) >= 11 is 1.30. The van der Waals surface area contributed by atoms with E-state index in [1.165, 1.54) is 17.3 Å². The number of nitrogens with one attached hydrogen (secondary N) is 1. The fraction of sp³-hybridized carbons (Fsp3) is 0.190. The Kier molecular flexibility index (Phi) is 6.02. The van der Waals surface area contributed by atoms with E-state index in [1.54, 1.807) is 31.6 Å². The summed E-state index contributed by atoms with van der Waals surface area (Å²) in [5.41, 5.74) is 2.63. The van der Waals surface area contributed by atoms with Crippen molar-refractivity contribution in [3.05, 3.63) is 69.5 Å². The number of aromatic amines is 1. The Morgan fingerprint density at radius 2 is 1.93 bits per heavy atom. The highest BCUT2D eigenvalue weighted by Gasteiger charge is 2.16. The Labute approximate surface area is 167 Å².